The largest absolute Gasteiger partial charge is 0.506 e. The molecule has 0 saturated heterocycles. The molecule has 0 amide bonds. The van der Waals surface area contributed by atoms with E-state index in [2.05, 4.69) is 9.72 Å². The van der Waals surface area contributed by atoms with Crippen LogP contribution in [-0.2, 0) is 5.88 Å². The molecule has 0 fully saturated rings. The van der Waals surface area contributed by atoms with Crippen LogP contribution in [0.3, 0.4) is 0 Å². The summed E-state index contributed by atoms with van der Waals surface area (Å²) in [5.74, 6) is -0.783. The van der Waals surface area contributed by atoms with Gasteiger partial charge in [0.25, 0.3) is 6.43 Å². The van der Waals surface area contributed by atoms with Crippen LogP contribution in [0.4, 0.5) is 8.78 Å². The fraction of sp³-hybridized carbons (Fsp3) is 0.375. The molecule has 0 aliphatic carbocycles. The van der Waals surface area contributed by atoms with Gasteiger partial charge in [-0.3, -0.25) is 0 Å². The van der Waals surface area contributed by atoms with Crippen molar-refractivity contribution in [2.45, 2.75) is 12.3 Å². The first-order chi connectivity index (χ1) is 6.61. The molecule has 0 aromatic carbocycles. The average molecular weight is 224 g/mol. The normalized spacial score (nSPS) is 10.6. The molecular formula is C8H8ClF2NO2. The van der Waals surface area contributed by atoms with Crippen LogP contribution in [0.25, 0.3) is 0 Å². The highest BCUT2D eigenvalue weighted by Gasteiger charge is 2.22. The van der Waals surface area contributed by atoms with Gasteiger partial charge in [-0.1, -0.05) is 0 Å². The number of aromatic nitrogens is 1. The molecule has 0 bridgehead atoms. The Balaban J connectivity index is 3.36. The van der Waals surface area contributed by atoms with E-state index >= 15 is 0 Å². The average Bonchev–Trinajstić information content (AvgIpc) is 2.17. The number of pyridine rings is 1. The monoisotopic (exact) mass is 223 g/mol. The van der Waals surface area contributed by atoms with E-state index in [1.54, 1.807) is 0 Å². The van der Waals surface area contributed by atoms with E-state index in [1.807, 2.05) is 0 Å². The highest BCUT2D eigenvalue weighted by atomic mass is 35.5. The SMILES string of the molecule is COc1ncc(O)c(CCl)c1C(F)F. The van der Waals surface area contributed by atoms with Crippen molar-refractivity contribution in [2.75, 3.05) is 7.11 Å². The van der Waals surface area contributed by atoms with Crippen molar-refractivity contribution in [1.29, 1.82) is 0 Å². The number of alkyl halides is 3. The molecule has 14 heavy (non-hydrogen) atoms. The second-order valence-electron chi connectivity index (χ2n) is 2.48. The Labute approximate surface area is 84.3 Å². The molecule has 1 N–H and O–H groups in total. The number of aromatic hydroxyl groups is 1. The third-order valence-electron chi connectivity index (χ3n) is 1.71. The smallest absolute Gasteiger partial charge is 0.269 e. The fourth-order valence-electron chi connectivity index (χ4n) is 1.06. The first-order valence-electron chi connectivity index (χ1n) is 3.70. The van der Waals surface area contributed by atoms with E-state index in [1.165, 1.54) is 7.11 Å². The third-order valence-corrected chi connectivity index (χ3v) is 1.98. The number of ether oxygens (including phenoxy) is 1. The number of hydrogen-bond donors (Lipinski definition) is 1. The molecule has 1 heterocycles. The molecule has 1 aromatic rings. The zero-order valence-electron chi connectivity index (χ0n) is 7.30. The Bertz CT molecular complexity index is 333. The van der Waals surface area contributed by atoms with Crippen molar-refractivity contribution in [3.05, 3.63) is 17.3 Å². The zero-order valence-corrected chi connectivity index (χ0v) is 8.05. The highest BCUT2D eigenvalue weighted by Crippen LogP contribution is 2.35. The van der Waals surface area contributed by atoms with Gasteiger partial charge in [0.05, 0.1) is 24.8 Å². The molecule has 78 valence electrons. The van der Waals surface area contributed by atoms with E-state index < -0.39 is 12.0 Å². The van der Waals surface area contributed by atoms with Crippen LogP contribution in [-0.4, -0.2) is 17.2 Å². The number of hydrogen-bond acceptors (Lipinski definition) is 3. The molecule has 1 aromatic heterocycles. The maximum absolute atomic E-state index is 12.6. The lowest BCUT2D eigenvalue weighted by Crippen LogP contribution is -2.00. The van der Waals surface area contributed by atoms with Crippen molar-refractivity contribution in [1.82, 2.24) is 4.98 Å². The van der Waals surface area contributed by atoms with E-state index in [4.69, 9.17) is 11.6 Å². The summed E-state index contributed by atoms with van der Waals surface area (Å²) in [4.78, 5) is 3.52. The van der Waals surface area contributed by atoms with E-state index in [9.17, 15) is 13.9 Å². The van der Waals surface area contributed by atoms with E-state index in [0.29, 0.717) is 0 Å². The van der Waals surface area contributed by atoms with Gasteiger partial charge in [0.15, 0.2) is 0 Å². The minimum absolute atomic E-state index is 0.0477. The summed E-state index contributed by atoms with van der Waals surface area (Å²) >= 11 is 5.43. The summed E-state index contributed by atoms with van der Waals surface area (Å²) in [7, 11) is 1.23. The zero-order chi connectivity index (χ0) is 10.7. The predicted molar refractivity (Wildman–Crippen MR) is 47.0 cm³/mol. The number of halogens is 3. The molecule has 0 unspecified atom stereocenters. The van der Waals surface area contributed by atoms with Gasteiger partial charge in [-0.2, -0.15) is 0 Å². The quantitative estimate of drug-likeness (QED) is 0.801. The Morgan fingerprint density at radius 1 is 1.64 bits per heavy atom. The van der Waals surface area contributed by atoms with E-state index in [0.717, 1.165) is 6.20 Å². The van der Waals surface area contributed by atoms with Crippen molar-refractivity contribution in [2.24, 2.45) is 0 Å². The maximum atomic E-state index is 12.6. The van der Waals surface area contributed by atoms with Gasteiger partial charge in [-0.25, -0.2) is 13.8 Å². The minimum Gasteiger partial charge on any atom is -0.506 e. The number of methoxy groups -OCH3 is 1. The second-order valence-corrected chi connectivity index (χ2v) is 2.75. The fourth-order valence-corrected chi connectivity index (χ4v) is 1.34. The first-order valence-corrected chi connectivity index (χ1v) is 4.24. The topological polar surface area (TPSA) is 42.4 Å². The molecule has 0 saturated carbocycles. The van der Waals surface area contributed by atoms with Gasteiger partial charge < -0.3 is 9.84 Å². The minimum atomic E-state index is -2.78. The van der Waals surface area contributed by atoms with Gasteiger partial charge in [0, 0.05) is 5.56 Å². The van der Waals surface area contributed by atoms with Crippen LogP contribution in [0, 0.1) is 0 Å². The number of nitrogens with zero attached hydrogens (tertiary/aromatic N) is 1. The van der Waals surface area contributed by atoms with Crippen LogP contribution in [0.2, 0.25) is 0 Å². The van der Waals surface area contributed by atoms with Gasteiger partial charge in [-0.05, 0) is 0 Å². The van der Waals surface area contributed by atoms with Gasteiger partial charge in [0.1, 0.15) is 5.75 Å². The summed E-state index contributed by atoms with van der Waals surface area (Å²) in [6.07, 6.45) is -1.75. The molecule has 0 atom stereocenters. The summed E-state index contributed by atoms with van der Waals surface area (Å²) in [6, 6.07) is 0. The number of rotatable bonds is 3. The standard InChI is InChI=1S/C8H8ClF2NO2/c1-14-8-6(7(10)11)4(2-9)5(13)3-12-8/h3,7,13H,2H2,1H3. The molecule has 1 rings (SSSR count). The van der Waals surface area contributed by atoms with Crippen LogP contribution in [0.5, 0.6) is 11.6 Å². The Morgan fingerprint density at radius 2 is 2.29 bits per heavy atom. The van der Waals surface area contributed by atoms with Gasteiger partial charge in [-0.15, -0.1) is 11.6 Å². The summed E-state index contributed by atoms with van der Waals surface area (Å²) in [5, 5.41) is 9.22. The van der Waals surface area contributed by atoms with Crippen molar-refractivity contribution < 1.29 is 18.6 Å². The van der Waals surface area contributed by atoms with Gasteiger partial charge >= 0.3 is 0 Å². The molecular weight excluding hydrogens is 216 g/mol. The lowest BCUT2D eigenvalue weighted by atomic mass is 10.1. The van der Waals surface area contributed by atoms with Crippen molar-refractivity contribution in [3.63, 3.8) is 0 Å². The van der Waals surface area contributed by atoms with Crippen LogP contribution in [0.15, 0.2) is 6.20 Å². The summed E-state index contributed by atoms with van der Waals surface area (Å²) < 4.78 is 29.7. The molecule has 6 heteroatoms. The van der Waals surface area contributed by atoms with Gasteiger partial charge in [0.2, 0.25) is 5.88 Å². The summed E-state index contributed by atoms with van der Waals surface area (Å²) in [5.41, 5.74) is -0.504. The van der Waals surface area contributed by atoms with E-state index in [-0.39, 0.29) is 23.1 Å². The third kappa shape index (κ3) is 1.87. The lowest BCUT2D eigenvalue weighted by Gasteiger charge is -2.11. The molecule has 0 radical (unpaired) electrons. The first kappa shape index (κ1) is 11.0. The molecule has 0 aliphatic rings. The highest BCUT2D eigenvalue weighted by molar-refractivity contribution is 6.17. The van der Waals surface area contributed by atoms with Crippen molar-refractivity contribution >= 4 is 11.6 Å². The van der Waals surface area contributed by atoms with Crippen LogP contribution >= 0.6 is 11.6 Å². The summed E-state index contributed by atoms with van der Waals surface area (Å²) in [6.45, 7) is 0. The Kier molecular flexibility index (Phi) is 3.46. The Morgan fingerprint density at radius 3 is 2.71 bits per heavy atom. The van der Waals surface area contributed by atoms with Crippen molar-refractivity contribution in [3.8, 4) is 11.6 Å². The molecule has 0 aliphatic heterocycles. The molecule has 3 nitrogen and oxygen atoms in total. The Hall–Kier alpha value is -1.10. The molecule has 0 spiro atoms. The van der Waals surface area contributed by atoms with Crippen LogP contribution in [0.1, 0.15) is 17.6 Å². The lowest BCUT2D eigenvalue weighted by molar-refractivity contribution is 0.144. The maximum Gasteiger partial charge on any atom is 0.269 e. The second kappa shape index (κ2) is 4.41. The predicted octanol–water partition coefficient (Wildman–Crippen LogP) is 2.47. The van der Waals surface area contributed by atoms with Crippen LogP contribution < -0.4 is 4.74 Å².